The molecule has 0 aliphatic carbocycles. The van der Waals surface area contributed by atoms with Crippen molar-refractivity contribution < 1.29 is 24.4 Å². The Balaban J connectivity index is 2.07. The number of methoxy groups -OCH3 is 2. The number of fused-ring (bicyclic) bond motifs is 1. The molecule has 26 heavy (non-hydrogen) atoms. The number of allylic oxidation sites excluding steroid dienone is 1. The summed E-state index contributed by atoms with van der Waals surface area (Å²) in [5.74, 6) is 1.77. The van der Waals surface area contributed by atoms with E-state index in [2.05, 4.69) is 13.0 Å². The molecule has 1 aliphatic rings. The van der Waals surface area contributed by atoms with Gasteiger partial charge < -0.3 is 24.4 Å². The normalized spacial score (nSPS) is 18.7. The molecule has 138 valence electrons. The Morgan fingerprint density at radius 2 is 1.85 bits per heavy atom. The highest BCUT2D eigenvalue weighted by molar-refractivity contribution is 5.62. The summed E-state index contributed by atoms with van der Waals surface area (Å²) in [5.41, 5.74) is 3.37. The Bertz CT molecular complexity index is 816. The largest absolute Gasteiger partial charge is 0.504 e. The number of aliphatic hydroxyl groups excluding tert-OH is 1. The molecule has 2 atom stereocenters. The summed E-state index contributed by atoms with van der Waals surface area (Å²) in [6, 6.07) is 7.56. The second-order valence-corrected chi connectivity index (χ2v) is 6.36. The second kappa shape index (κ2) is 7.30. The van der Waals surface area contributed by atoms with Gasteiger partial charge in [-0.25, -0.2) is 0 Å². The van der Waals surface area contributed by atoms with Gasteiger partial charge in [0.1, 0.15) is 6.10 Å². The summed E-state index contributed by atoms with van der Waals surface area (Å²) in [6.45, 7) is 3.79. The van der Waals surface area contributed by atoms with Crippen LogP contribution in [0.1, 0.15) is 48.1 Å². The fourth-order valence-electron chi connectivity index (χ4n) is 3.43. The third-order valence-corrected chi connectivity index (χ3v) is 4.77. The van der Waals surface area contributed by atoms with Crippen LogP contribution in [0.4, 0.5) is 0 Å². The van der Waals surface area contributed by atoms with E-state index in [0.717, 1.165) is 22.4 Å². The molecule has 0 bridgehead atoms. The highest BCUT2D eigenvalue weighted by Crippen LogP contribution is 2.51. The van der Waals surface area contributed by atoms with Crippen molar-refractivity contribution in [2.24, 2.45) is 0 Å². The van der Waals surface area contributed by atoms with Crippen molar-refractivity contribution in [2.75, 3.05) is 14.2 Å². The number of aliphatic hydroxyl groups is 1. The van der Waals surface area contributed by atoms with Crippen molar-refractivity contribution in [3.8, 4) is 23.0 Å². The van der Waals surface area contributed by atoms with Crippen molar-refractivity contribution in [1.29, 1.82) is 0 Å². The lowest BCUT2D eigenvalue weighted by Crippen LogP contribution is -2.08. The number of aromatic hydroxyl groups is 1. The average Bonchev–Trinajstić information content (AvgIpc) is 2.98. The Labute approximate surface area is 153 Å². The Morgan fingerprint density at radius 1 is 1.12 bits per heavy atom. The van der Waals surface area contributed by atoms with E-state index in [0.29, 0.717) is 17.1 Å². The average molecular weight is 356 g/mol. The van der Waals surface area contributed by atoms with Crippen LogP contribution in [-0.2, 0) is 6.61 Å². The fourth-order valence-corrected chi connectivity index (χ4v) is 3.43. The quantitative estimate of drug-likeness (QED) is 0.841. The molecule has 2 aromatic carbocycles. The van der Waals surface area contributed by atoms with Crippen LogP contribution in [0.15, 0.2) is 30.3 Å². The molecule has 5 heteroatoms. The molecule has 0 amide bonds. The van der Waals surface area contributed by atoms with E-state index >= 15 is 0 Å². The molecule has 1 heterocycles. The van der Waals surface area contributed by atoms with Gasteiger partial charge in [-0.05, 0) is 42.3 Å². The van der Waals surface area contributed by atoms with Gasteiger partial charge in [-0.2, -0.15) is 0 Å². The number of hydrogen-bond donors (Lipinski definition) is 2. The summed E-state index contributed by atoms with van der Waals surface area (Å²) in [7, 11) is 3.11. The van der Waals surface area contributed by atoms with Crippen LogP contribution in [0, 0.1) is 0 Å². The van der Waals surface area contributed by atoms with E-state index in [9.17, 15) is 10.2 Å². The first-order valence-electron chi connectivity index (χ1n) is 8.55. The SMILES string of the molecule is C/C=C/c1cc(OC)c2c(c1)[C@@H](C)[C@H](c1cc(CO)c(O)c(OC)c1)O2. The van der Waals surface area contributed by atoms with Gasteiger partial charge in [0.25, 0.3) is 0 Å². The van der Waals surface area contributed by atoms with Gasteiger partial charge in [-0.3, -0.25) is 0 Å². The molecule has 0 spiro atoms. The highest BCUT2D eigenvalue weighted by Gasteiger charge is 2.35. The second-order valence-electron chi connectivity index (χ2n) is 6.36. The number of ether oxygens (including phenoxy) is 3. The zero-order chi connectivity index (χ0) is 18.8. The van der Waals surface area contributed by atoms with Gasteiger partial charge in [0.2, 0.25) is 0 Å². The first-order chi connectivity index (χ1) is 12.5. The lowest BCUT2D eigenvalue weighted by atomic mass is 9.90. The number of phenols is 1. The zero-order valence-corrected chi connectivity index (χ0v) is 15.4. The van der Waals surface area contributed by atoms with Gasteiger partial charge in [0, 0.05) is 17.0 Å². The summed E-state index contributed by atoms with van der Waals surface area (Å²) in [5, 5.41) is 19.7. The van der Waals surface area contributed by atoms with E-state index in [4.69, 9.17) is 14.2 Å². The van der Waals surface area contributed by atoms with Crippen LogP contribution >= 0.6 is 0 Å². The highest BCUT2D eigenvalue weighted by atomic mass is 16.5. The molecule has 3 rings (SSSR count). The van der Waals surface area contributed by atoms with E-state index in [1.54, 1.807) is 19.2 Å². The van der Waals surface area contributed by atoms with Crippen molar-refractivity contribution in [1.82, 2.24) is 0 Å². The molecule has 0 aromatic heterocycles. The maximum Gasteiger partial charge on any atom is 0.165 e. The van der Waals surface area contributed by atoms with Gasteiger partial charge in [0.05, 0.1) is 20.8 Å². The summed E-state index contributed by atoms with van der Waals surface area (Å²) < 4.78 is 17.0. The van der Waals surface area contributed by atoms with Gasteiger partial charge in [-0.1, -0.05) is 19.1 Å². The third-order valence-electron chi connectivity index (χ3n) is 4.77. The Kier molecular flexibility index (Phi) is 5.09. The summed E-state index contributed by atoms with van der Waals surface area (Å²) in [6.07, 6.45) is 3.74. The van der Waals surface area contributed by atoms with Crippen molar-refractivity contribution in [3.05, 3.63) is 52.6 Å². The predicted octanol–water partition coefficient (Wildman–Crippen LogP) is 4.17. The monoisotopic (exact) mass is 356 g/mol. The first kappa shape index (κ1) is 18.1. The summed E-state index contributed by atoms with van der Waals surface area (Å²) in [4.78, 5) is 0. The minimum atomic E-state index is -0.279. The molecule has 0 fully saturated rings. The minimum Gasteiger partial charge on any atom is -0.504 e. The van der Waals surface area contributed by atoms with Crippen molar-refractivity contribution in [3.63, 3.8) is 0 Å². The number of benzene rings is 2. The van der Waals surface area contributed by atoms with Crippen molar-refractivity contribution in [2.45, 2.75) is 32.5 Å². The number of rotatable bonds is 5. The van der Waals surface area contributed by atoms with E-state index < -0.39 is 0 Å². The van der Waals surface area contributed by atoms with Crippen LogP contribution in [0.25, 0.3) is 6.08 Å². The molecular weight excluding hydrogens is 332 g/mol. The predicted molar refractivity (Wildman–Crippen MR) is 100 cm³/mol. The molecule has 0 radical (unpaired) electrons. The van der Waals surface area contributed by atoms with Crippen LogP contribution in [0.2, 0.25) is 0 Å². The molecule has 2 aromatic rings. The van der Waals surface area contributed by atoms with Gasteiger partial charge in [0.15, 0.2) is 23.0 Å². The molecule has 0 saturated heterocycles. The van der Waals surface area contributed by atoms with Crippen LogP contribution in [0.3, 0.4) is 0 Å². The standard InChI is InChI=1S/C21H24O5/c1-5-6-13-7-16-12(2)20(26-21(16)18(8-13)25-4)14-9-15(11-22)19(23)17(10-14)24-3/h5-10,12,20,22-23H,11H2,1-4H3/b6-5+/t12-,20-/m1/s1. The van der Waals surface area contributed by atoms with E-state index in [1.807, 2.05) is 25.1 Å². The fraction of sp³-hybridized carbons (Fsp3) is 0.333. The lowest BCUT2D eigenvalue weighted by molar-refractivity contribution is 0.206. The molecule has 2 N–H and O–H groups in total. The molecule has 5 nitrogen and oxygen atoms in total. The zero-order valence-electron chi connectivity index (χ0n) is 15.4. The van der Waals surface area contributed by atoms with Gasteiger partial charge >= 0.3 is 0 Å². The minimum absolute atomic E-state index is 0.0464. The van der Waals surface area contributed by atoms with Crippen LogP contribution < -0.4 is 14.2 Å². The van der Waals surface area contributed by atoms with Gasteiger partial charge in [-0.15, -0.1) is 0 Å². The van der Waals surface area contributed by atoms with Crippen LogP contribution in [0.5, 0.6) is 23.0 Å². The van der Waals surface area contributed by atoms with Crippen LogP contribution in [-0.4, -0.2) is 24.4 Å². The molecular formula is C21H24O5. The molecule has 1 aliphatic heterocycles. The molecule has 0 saturated carbocycles. The Morgan fingerprint density at radius 3 is 2.46 bits per heavy atom. The van der Waals surface area contributed by atoms with E-state index in [1.165, 1.54) is 7.11 Å². The third kappa shape index (κ3) is 2.99. The Hall–Kier alpha value is -2.66. The first-order valence-corrected chi connectivity index (χ1v) is 8.55. The number of hydrogen-bond acceptors (Lipinski definition) is 5. The molecule has 0 unspecified atom stereocenters. The smallest absolute Gasteiger partial charge is 0.165 e. The maximum absolute atomic E-state index is 10.1. The van der Waals surface area contributed by atoms with Crippen molar-refractivity contribution >= 4 is 6.08 Å². The van der Waals surface area contributed by atoms with E-state index in [-0.39, 0.29) is 24.4 Å². The lowest BCUT2D eigenvalue weighted by Gasteiger charge is -2.19. The topological polar surface area (TPSA) is 68.2 Å². The maximum atomic E-state index is 10.1. The summed E-state index contributed by atoms with van der Waals surface area (Å²) >= 11 is 0.